The molecule has 39 heavy (non-hydrogen) atoms. The largest absolute Gasteiger partial charge is 0.463 e. The van der Waals surface area contributed by atoms with Gasteiger partial charge in [0.2, 0.25) is 0 Å². The number of rotatable bonds is 7. The second kappa shape index (κ2) is 9.80. The third-order valence-corrected chi connectivity index (χ3v) is 8.42. The van der Waals surface area contributed by atoms with Crippen LogP contribution in [0, 0.1) is 0 Å². The van der Waals surface area contributed by atoms with Crippen molar-refractivity contribution in [3.05, 3.63) is 119 Å². The topological polar surface area (TPSA) is 107 Å². The Labute approximate surface area is 225 Å². The predicted octanol–water partition coefficient (Wildman–Crippen LogP) is 4.95. The average Bonchev–Trinajstić information content (AvgIpc) is 3.43. The summed E-state index contributed by atoms with van der Waals surface area (Å²) in [7, 11) is -5.15. The first-order valence-electron chi connectivity index (χ1n) is 12.5. The highest BCUT2D eigenvalue weighted by Crippen LogP contribution is 2.45. The number of hydrogen-bond donors (Lipinski definition) is 1. The van der Waals surface area contributed by atoms with Gasteiger partial charge in [-0.3, -0.25) is 4.55 Å². The van der Waals surface area contributed by atoms with Crippen LogP contribution in [0.1, 0.15) is 34.1 Å². The molecule has 8 heteroatoms. The molecule has 0 atom stereocenters. The van der Waals surface area contributed by atoms with Crippen molar-refractivity contribution in [3.63, 3.8) is 0 Å². The summed E-state index contributed by atoms with van der Waals surface area (Å²) in [5.41, 5.74) is 7.70. The van der Waals surface area contributed by atoms with E-state index in [1.807, 2.05) is 97.1 Å². The molecule has 0 heterocycles. The zero-order valence-corrected chi connectivity index (χ0v) is 21.5. The lowest BCUT2D eigenvalue weighted by Crippen LogP contribution is -2.41. The number of esters is 2. The van der Waals surface area contributed by atoms with Crippen LogP contribution in [-0.2, 0) is 29.2 Å². The van der Waals surface area contributed by atoms with Crippen molar-refractivity contribution in [2.24, 2.45) is 0 Å². The maximum absolute atomic E-state index is 12.9. The predicted molar refractivity (Wildman–Crippen MR) is 145 cm³/mol. The van der Waals surface area contributed by atoms with Gasteiger partial charge in [-0.05, 0) is 44.5 Å². The maximum atomic E-state index is 12.9. The lowest BCUT2D eigenvalue weighted by atomic mass is 9.98. The summed E-state index contributed by atoms with van der Waals surface area (Å²) < 4.78 is 44.8. The van der Waals surface area contributed by atoms with Gasteiger partial charge < -0.3 is 9.47 Å². The van der Waals surface area contributed by atoms with Crippen molar-refractivity contribution in [1.29, 1.82) is 0 Å². The van der Waals surface area contributed by atoms with E-state index in [0.29, 0.717) is 0 Å². The molecule has 7 nitrogen and oxygen atoms in total. The minimum absolute atomic E-state index is 0.199. The molecule has 0 fully saturated rings. The van der Waals surface area contributed by atoms with Crippen molar-refractivity contribution in [3.8, 4) is 22.3 Å². The highest BCUT2D eigenvalue weighted by Gasteiger charge is 2.43. The van der Waals surface area contributed by atoms with Crippen LogP contribution in [0.4, 0.5) is 0 Å². The van der Waals surface area contributed by atoms with Crippen molar-refractivity contribution in [2.45, 2.75) is 17.1 Å². The molecule has 0 aromatic heterocycles. The molecule has 4 aromatic carbocycles. The number of hydrogen-bond acceptors (Lipinski definition) is 6. The first kappa shape index (κ1) is 25.0. The molecule has 0 aliphatic heterocycles. The molecule has 0 saturated heterocycles. The molecular formula is C31H24O7S. The molecule has 0 bridgehead atoms. The number of benzene rings is 4. The summed E-state index contributed by atoms with van der Waals surface area (Å²) in [4.78, 5) is 25.9. The number of ether oxygens (including phenoxy) is 2. The molecule has 0 saturated carbocycles. The van der Waals surface area contributed by atoms with Crippen LogP contribution in [0.2, 0.25) is 0 Å². The maximum Gasteiger partial charge on any atom is 0.338 e. The molecule has 2 aliphatic carbocycles. The fourth-order valence-electron chi connectivity index (χ4n) is 5.70. The van der Waals surface area contributed by atoms with Gasteiger partial charge in [0, 0.05) is 11.8 Å². The summed E-state index contributed by atoms with van der Waals surface area (Å²) in [6.07, 6.45) is 0. The van der Waals surface area contributed by atoms with Crippen LogP contribution in [-0.4, -0.2) is 43.4 Å². The first-order valence-corrected chi connectivity index (χ1v) is 14.0. The van der Waals surface area contributed by atoms with E-state index in [0.717, 1.165) is 44.5 Å². The standard InChI is InChI=1S/C31H24O7S/c32-30(37-17-27-23-13-5-1-9-19(23)20-10-2-6-14-24(20)27)29(39(34,35)36)31(33)38-18-28-25-15-7-3-11-21(25)22-12-4-8-16-26(22)28/h1-16,27-29H,17-18H2,(H,34,35,36). The lowest BCUT2D eigenvalue weighted by molar-refractivity contribution is -0.154. The summed E-state index contributed by atoms with van der Waals surface area (Å²) in [5, 5.41) is -2.50. The fourth-order valence-corrected chi connectivity index (χ4v) is 6.32. The van der Waals surface area contributed by atoms with Gasteiger partial charge >= 0.3 is 11.9 Å². The van der Waals surface area contributed by atoms with E-state index in [2.05, 4.69) is 0 Å². The molecule has 196 valence electrons. The van der Waals surface area contributed by atoms with Crippen molar-refractivity contribution in [1.82, 2.24) is 0 Å². The smallest absolute Gasteiger partial charge is 0.338 e. The van der Waals surface area contributed by atoms with Gasteiger partial charge in [-0.15, -0.1) is 0 Å². The summed E-state index contributed by atoms with van der Waals surface area (Å²) >= 11 is 0. The summed E-state index contributed by atoms with van der Waals surface area (Å²) in [5.74, 6) is -3.44. The highest BCUT2D eigenvalue weighted by molar-refractivity contribution is 7.88. The van der Waals surface area contributed by atoms with Crippen molar-refractivity contribution in [2.75, 3.05) is 13.2 Å². The SMILES string of the molecule is O=C(OCC1c2ccccc2-c2ccccc21)C(C(=O)OCC1c2ccccc2-c2ccccc21)S(=O)(=O)O. The quantitative estimate of drug-likeness (QED) is 0.201. The Bertz CT molecular complexity index is 1510. The van der Waals surface area contributed by atoms with Crippen LogP contribution in [0.15, 0.2) is 97.1 Å². The Balaban J connectivity index is 1.19. The first-order chi connectivity index (χ1) is 18.8. The third-order valence-electron chi connectivity index (χ3n) is 7.44. The van der Waals surface area contributed by atoms with E-state index in [1.165, 1.54) is 0 Å². The average molecular weight is 541 g/mol. The van der Waals surface area contributed by atoms with Gasteiger partial charge in [0.1, 0.15) is 13.2 Å². The van der Waals surface area contributed by atoms with Gasteiger partial charge in [-0.1, -0.05) is 97.1 Å². The van der Waals surface area contributed by atoms with E-state index in [9.17, 15) is 22.6 Å². The van der Waals surface area contributed by atoms with E-state index in [-0.39, 0.29) is 25.0 Å². The Kier molecular flexibility index (Phi) is 6.29. The zero-order valence-electron chi connectivity index (χ0n) is 20.7. The Morgan fingerprint density at radius 1 is 0.590 bits per heavy atom. The minimum atomic E-state index is -5.15. The molecule has 0 spiro atoms. The van der Waals surface area contributed by atoms with Crippen LogP contribution in [0.3, 0.4) is 0 Å². The number of carbonyl (C=O) groups is 2. The molecule has 0 amide bonds. The Hall–Kier alpha value is -4.27. The second-order valence-corrected chi connectivity index (χ2v) is 11.1. The molecule has 1 N–H and O–H groups in total. The van der Waals surface area contributed by atoms with Crippen LogP contribution in [0.5, 0.6) is 0 Å². The summed E-state index contributed by atoms with van der Waals surface area (Å²) in [6, 6.07) is 30.7. The molecular weight excluding hydrogens is 516 g/mol. The van der Waals surface area contributed by atoms with E-state index < -0.39 is 27.3 Å². The minimum Gasteiger partial charge on any atom is -0.463 e. The van der Waals surface area contributed by atoms with Crippen molar-refractivity contribution < 1.29 is 32.0 Å². The lowest BCUT2D eigenvalue weighted by Gasteiger charge is -2.18. The normalized spacial score (nSPS) is 13.9. The second-order valence-electron chi connectivity index (χ2n) is 9.61. The molecule has 6 rings (SSSR count). The van der Waals surface area contributed by atoms with Gasteiger partial charge in [-0.2, -0.15) is 8.42 Å². The van der Waals surface area contributed by atoms with Crippen LogP contribution >= 0.6 is 0 Å². The molecule has 4 aromatic rings. The van der Waals surface area contributed by atoms with Gasteiger partial charge in [0.15, 0.2) is 0 Å². The summed E-state index contributed by atoms with van der Waals surface area (Å²) in [6.45, 7) is -0.398. The molecule has 0 unspecified atom stereocenters. The van der Waals surface area contributed by atoms with E-state index in [4.69, 9.17) is 9.47 Å². The number of carbonyl (C=O) groups excluding carboxylic acids is 2. The molecule has 0 radical (unpaired) electrons. The zero-order chi connectivity index (χ0) is 27.1. The van der Waals surface area contributed by atoms with Crippen LogP contribution < -0.4 is 0 Å². The van der Waals surface area contributed by atoms with Crippen LogP contribution in [0.25, 0.3) is 22.3 Å². The fraction of sp³-hybridized carbons (Fsp3) is 0.161. The van der Waals surface area contributed by atoms with E-state index in [1.54, 1.807) is 0 Å². The third kappa shape index (κ3) is 4.41. The Morgan fingerprint density at radius 3 is 1.15 bits per heavy atom. The van der Waals surface area contributed by atoms with Crippen molar-refractivity contribution >= 4 is 22.1 Å². The number of fused-ring (bicyclic) bond motifs is 6. The highest BCUT2D eigenvalue weighted by atomic mass is 32.2. The van der Waals surface area contributed by atoms with Gasteiger partial charge in [0.05, 0.1) is 0 Å². The van der Waals surface area contributed by atoms with E-state index >= 15 is 0 Å². The monoisotopic (exact) mass is 540 g/mol. The Morgan fingerprint density at radius 2 is 0.872 bits per heavy atom. The molecule has 2 aliphatic rings. The van der Waals surface area contributed by atoms with Gasteiger partial charge in [0.25, 0.3) is 15.4 Å². The van der Waals surface area contributed by atoms with Gasteiger partial charge in [-0.25, -0.2) is 9.59 Å².